The van der Waals surface area contributed by atoms with Gasteiger partial charge in [-0.05, 0) is 37.3 Å². The van der Waals surface area contributed by atoms with E-state index in [1.807, 2.05) is 31.2 Å². The van der Waals surface area contributed by atoms with Crippen LogP contribution in [0.1, 0.15) is 23.0 Å². The Labute approximate surface area is 150 Å². The highest BCUT2D eigenvalue weighted by molar-refractivity contribution is 6.32. The number of carbonyl (C=O) groups excluding carboxylic acids is 1. The number of amides is 1. The van der Waals surface area contributed by atoms with E-state index in [4.69, 9.17) is 16.3 Å². The third kappa shape index (κ3) is 3.97. The van der Waals surface area contributed by atoms with Gasteiger partial charge in [0.2, 0.25) is 0 Å². The number of halogens is 1. The number of nitrogens with zero attached hydrogens (tertiary/aromatic N) is 2. The van der Waals surface area contributed by atoms with Crippen LogP contribution in [0, 0.1) is 0 Å². The van der Waals surface area contributed by atoms with Crippen molar-refractivity contribution in [2.24, 2.45) is 0 Å². The van der Waals surface area contributed by atoms with Gasteiger partial charge in [-0.15, -0.1) is 0 Å². The first-order chi connectivity index (χ1) is 12.2. The van der Waals surface area contributed by atoms with Crippen LogP contribution in [0.3, 0.4) is 0 Å². The van der Waals surface area contributed by atoms with Crippen LogP contribution >= 0.6 is 11.6 Å². The second kappa shape index (κ2) is 7.81. The molecule has 0 aliphatic rings. The summed E-state index contributed by atoms with van der Waals surface area (Å²) in [7, 11) is 0. The van der Waals surface area contributed by atoms with Crippen LogP contribution in [0.15, 0.2) is 48.8 Å². The predicted octanol–water partition coefficient (Wildman–Crippen LogP) is 3.45. The molecule has 1 aromatic carbocycles. The molecule has 3 rings (SSSR count). The quantitative estimate of drug-likeness (QED) is 0.709. The molecule has 2 aromatic heterocycles. The lowest BCUT2D eigenvalue weighted by molar-refractivity contribution is 0.0951. The number of aromatic amines is 1. The fourth-order valence-corrected chi connectivity index (χ4v) is 2.61. The number of aromatic nitrogens is 3. The second-order valence-electron chi connectivity index (χ2n) is 5.24. The molecule has 0 radical (unpaired) electrons. The highest BCUT2D eigenvalue weighted by Gasteiger charge is 2.16. The SMILES string of the molecule is CCOc1ccc(-c2[nH]ncc2C(=O)NCc2ccccn2)cc1Cl. The summed E-state index contributed by atoms with van der Waals surface area (Å²) in [6.45, 7) is 2.77. The molecule has 6 nitrogen and oxygen atoms in total. The zero-order chi connectivity index (χ0) is 17.6. The highest BCUT2D eigenvalue weighted by Crippen LogP contribution is 2.31. The lowest BCUT2D eigenvalue weighted by atomic mass is 10.1. The van der Waals surface area contributed by atoms with Gasteiger partial charge >= 0.3 is 0 Å². The van der Waals surface area contributed by atoms with E-state index in [0.717, 1.165) is 11.3 Å². The Morgan fingerprint density at radius 2 is 2.20 bits per heavy atom. The molecular formula is C18H17ClN4O2. The number of H-pyrrole nitrogens is 1. The summed E-state index contributed by atoms with van der Waals surface area (Å²) in [4.78, 5) is 16.7. The zero-order valence-electron chi connectivity index (χ0n) is 13.6. The first-order valence-corrected chi connectivity index (χ1v) is 8.21. The van der Waals surface area contributed by atoms with Gasteiger partial charge in [-0.3, -0.25) is 14.9 Å². The van der Waals surface area contributed by atoms with Crippen molar-refractivity contribution >= 4 is 17.5 Å². The monoisotopic (exact) mass is 356 g/mol. The van der Waals surface area contributed by atoms with Gasteiger partial charge in [-0.2, -0.15) is 5.10 Å². The zero-order valence-corrected chi connectivity index (χ0v) is 14.4. The summed E-state index contributed by atoms with van der Waals surface area (Å²) in [6.07, 6.45) is 3.18. The van der Waals surface area contributed by atoms with Gasteiger partial charge in [0.1, 0.15) is 5.75 Å². The van der Waals surface area contributed by atoms with Gasteiger partial charge in [0.25, 0.3) is 5.91 Å². The molecule has 0 spiro atoms. The smallest absolute Gasteiger partial charge is 0.255 e. The van der Waals surface area contributed by atoms with Gasteiger partial charge < -0.3 is 10.1 Å². The third-order valence-corrected chi connectivity index (χ3v) is 3.86. The van der Waals surface area contributed by atoms with Crippen LogP contribution < -0.4 is 10.1 Å². The van der Waals surface area contributed by atoms with Crippen LogP contribution in [-0.4, -0.2) is 27.7 Å². The molecule has 128 valence electrons. The summed E-state index contributed by atoms with van der Waals surface area (Å²) in [6, 6.07) is 10.9. The van der Waals surface area contributed by atoms with Crippen molar-refractivity contribution in [2.75, 3.05) is 6.61 Å². The molecule has 0 saturated carbocycles. The summed E-state index contributed by atoms with van der Waals surface area (Å²) >= 11 is 6.23. The van der Waals surface area contributed by atoms with Crippen molar-refractivity contribution in [1.82, 2.24) is 20.5 Å². The molecule has 3 aromatic rings. The van der Waals surface area contributed by atoms with Crippen molar-refractivity contribution in [3.63, 3.8) is 0 Å². The maximum atomic E-state index is 12.5. The molecule has 2 N–H and O–H groups in total. The van der Waals surface area contributed by atoms with Gasteiger partial charge in [0.05, 0.1) is 41.3 Å². The molecule has 0 aliphatic carbocycles. The Morgan fingerprint density at radius 3 is 2.92 bits per heavy atom. The van der Waals surface area contributed by atoms with E-state index in [1.54, 1.807) is 18.3 Å². The van der Waals surface area contributed by atoms with E-state index in [0.29, 0.717) is 35.2 Å². The normalized spacial score (nSPS) is 10.5. The molecule has 0 bridgehead atoms. The van der Waals surface area contributed by atoms with E-state index in [1.165, 1.54) is 6.20 Å². The van der Waals surface area contributed by atoms with Crippen molar-refractivity contribution in [3.8, 4) is 17.0 Å². The van der Waals surface area contributed by atoms with Crippen LogP contribution in [0.4, 0.5) is 0 Å². The molecule has 25 heavy (non-hydrogen) atoms. The molecule has 2 heterocycles. The van der Waals surface area contributed by atoms with Crippen molar-refractivity contribution in [2.45, 2.75) is 13.5 Å². The molecule has 0 fully saturated rings. The molecule has 0 saturated heterocycles. The Morgan fingerprint density at radius 1 is 1.32 bits per heavy atom. The summed E-state index contributed by atoms with van der Waals surface area (Å²) in [5.74, 6) is 0.369. The minimum absolute atomic E-state index is 0.237. The number of hydrogen-bond acceptors (Lipinski definition) is 4. The minimum atomic E-state index is -0.237. The summed E-state index contributed by atoms with van der Waals surface area (Å²) in [5, 5.41) is 10.2. The van der Waals surface area contributed by atoms with E-state index in [-0.39, 0.29) is 5.91 Å². The molecule has 0 atom stereocenters. The number of ether oxygens (including phenoxy) is 1. The van der Waals surface area contributed by atoms with Crippen LogP contribution in [-0.2, 0) is 6.54 Å². The van der Waals surface area contributed by atoms with Crippen molar-refractivity contribution in [3.05, 3.63) is 65.1 Å². The molecular weight excluding hydrogens is 340 g/mol. The Balaban J connectivity index is 1.78. The van der Waals surface area contributed by atoms with Crippen molar-refractivity contribution < 1.29 is 9.53 Å². The van der Waals surface area contributed by atoms with Crippen molar-refractivity contribution in [1.29, 1.82) is 0 Å². The van der Waals surface area contributed by atoms with Gasteiger partial charge in [-0.25, -0.2) is 0 Å². The molecule has 1 amide bonds. The standard InChI is InChI=1S/C18H17ClN4O2/c1-2-25-16-7-6-12(9-15(16)19)17-14(11-22-23-17)18(24)21-10-13-5-3-4-8-20-13/h3-9,11H,2,10H2,1H3,(H,21,24)(H,22,23). The lowest BCUT2D eigenvalue weighted by Gasteiger charge is -2.09. The average Bonchev–Trinajstić information content (AvgIpc) is 3.12. The first kappa shape index (κ1) is 17.0. The van der Waals surface area contributed by atoms with E-state index in [9.17, 15) is 4.79 Å². The third-order valence-electron chi connectivity index (χ3n) is 3.56. The summed E-state index contributed by atoms with van der Waals surface area (Å²) < 4.78 is 5.43. The largest absolute Gasteiger partial charge is 0.492 e. The molecule has 7 heteroatoms. The number of nitrogens with one attached hydrogen (secondary N) is 2. The van der Waals surface area contributed by atoms with Crippen LogP contribution in [0.5, 0.6) is 5.75 Å². The summed E-state index contributed by atoms with van der Waals surface area (Å²) in [5.41, 5.74) is 2.58. The van der Waals surface area contributed by atoms with E-state index in [2.05, 4.69) is 20.5 Å². The highest BCUT2D eigenvalue weighted by atomic mass is 35.5. The fraction of sp³-hybridized carbons (Fsp3) is 0.167. The van der Waals surface area contributed by atoms with Crippen LogP contribution in [0.25, 0.3) is 11.3 Å². The average molecular weight is 357 g/mol. The maximum Gasteiger partial charge on any atom is 0.255 e. The minimum Gasteiger partial charge on any atom is -0.492 e. The Bertz CT molecular complexity index is 865. The Hall–Kier alpha value is -2.86. The number of benzene rings is 1. The number of rotatable bonds is 6. The number of carbonyl (C=O) groups is 1. The Kier molecular flexibility index (Phi) is 5.30. The topological polar surface area (TPSA) is 79.9 Å². The molecule has 0 unspecified atom stereocenters. The fourth-order valence-electron chi connectivity index (χ4n) is 2.38. The van der Waals surface area contributed by atoms with Gasteiger partial charge in [0.15, 0.2) is 0 Å². The van der Waals surface area contributed by atoms with E-state index < -0.39 is 0 Å². The second-order valence-corrected chi connectivity index (χ2v) is 5.65. The predicted molar refractivity (Wildman–Crippen MR) is 95.6 cm³/mol. The lowest BCUT2D eigenvalue weighted by Crippen LogP contribution is -2.23. The van der Waals surface area contributed by atoms with Gasteiger partial charge in [0, 0.05) is 11.8 Å². The maximum absolute atomic E-state index is 12.5. The van der Waals surface area contributed by atoms with Crippen LogP contribution in [0.2, 0.25) is 5.02 Å². The number of pyridine rings is 1. The van der Waals surface area contributed by atoms with Gasteiger partial charge in [-0.1, -0.05) is 17.7 Å². The molecule has 0 aliphatic heterocycles. The first-order valence-electron chi connectivity index (χ1n) is 7.83. The van der Waals surface area contributed by atoms with E-state index >= 15 is 0 Å². The number of hydrogen-bond donors (Lipinski definition) is 2.